The summed E-state index contributed by atoms with van der Waals surface area (Å²) < 4.78 is 38.6. The predicted molar refractivity (Wildman–Crippen MR) is 145 cm³/mol. The summed E-state index contributed by atoms with van der Waals surface area (Å²) >= 11 is 5.28. The minimum atomic E-state index is -3.74. The second-order valence-electron chi connectivity index (χ2n) is 7.48. The predicted octanol–water partition coefficient (Wildman–Crippen LogP) is 4.44. The molecule has 0 aliphatic rings. The fourth-order valence-electron chi connectivity index (χ4n) is 3.39. The fraction of sp³-hybridized carbons (Fsp3) is 0.231. The molecule has 10 heteroatoms. The van der Waals surface area contributed by atoms with Gasteiger partial charge in [-0.3, -0.25) is 14.4 Å². The zero-order valence-electron chi connectivity index (χ0n) is 20.1. The maximum atomic E-state index is 13.1. The van der Waals surface area contributed by atoms with Crippen molar-refractivity contribution in [1.29, 1.82) is 0 Å². The number of hydrogen-bond donors (Lipinski definition) is 2. The van der Waals surface area contributed by atoms with E-state index in [0.717, 1.165) is 0 Å². The summed E-state index contributed by atoms with van der Waals surface area (Å²) in [5, 5.41) is 5.60. The van der Waals surface area contributed by atoms with Crippen LogP contribution in [-0.2, 0) is 14.8 Å². The van der Waals surface area contributed by atoms with Crippen molar-refractivity contribution in [2.75, 3.05) is 36.0 Å². The Morgan fingerprint density at radius 1 is 0.917 bits per heavy atom. The molecule has 36 heavy (non-hydrogen) atoms. The third-order valence-corrected chi connectivity index (χ3v) is 7.20. The molecule has 1 amide bonds. The summed E-state index contributed by atoms with van der Waals surface area (Å²) in [6, 6.07) is 21.9. The molecule has 0 unspecified atom stereocenters. The van der Waals surface area contributed by atoms with Gasteiger partial charge < -0.3 is 14.8 Å². The number of rotatable bonds is 11. The minimum absolute atomic E-state index is 0.0687. The summed E-state index contributed by atoms with van der Waals surface area (Å²) in [7, 11) is -3.74. The average molecular weight is 528 g/mol. The van der Waals surface area contributed by atoms with Crippen LogP contribution in [0.15, 0.2) is 83.8 Å². The maximum absolute atomic E-state index is 13.1. The van der Waals surface area contributed by atoms with E-state index in [1.54, 1.807) is 67.6 Å². The number of carbonyl (C=O) groups excluding carboxylic acids is 1. The van der Waals surface area contributed by atoms with Crippen LogP contribution in [0.3, 0.4) is 0 Å². The number of nitrogens with one attached hydrogen (secondary N) is 2. The second kappa shape index (κ2) is 13.0. The van der Waals surface area contributed by atoms with Gasteiger partial charge in [-0.25, -0.2) is 8.42 Å². The lowest BCUT2D eigenvalue weighted by atomic mass is 10.2. The van der Waals surface area contributed by atoms with E-state index in [0.29, 0.717) is 49.1 Å². The minimum Gasteiger partial charge on any atom is -0.490 e. The van der Waals surface area contributed by atoms with Gasteiger partial charge in [0.25, 0.3) is 15.9 Å². The highest BCUT2D eigenvalue weighted by molar-refractivity contribution is 7.92. The van der Waals surface area contributed by atoms with Gasteiger partial charge in [0.15, 0.2) is 5.11 Å². The van der Waals surface area contributed by atoms with Crippen molar-refractivity contribution in [3.05, 3.63) is 84.4 Å². The van der Waals surface area contributed by atoms with Gasteiger partial charge in [-0.05, 0) is 74.6 Å². The van der Waals surface area contributed by atoms with E-state index in [-0.39, 0.29) is 10.0 Å². The number of ether oxygens (including phenoxy) is 2. The van der Waals surface area contributed by atoms with E-state index in [2.05, 4.69) is 10.6 Å². The van der Waals surface area contributed by atoms with Crippen molar-refractivity contribution in [3.8, 4) is 5.75 Å². The SMILES string of the molecule is CCOCCOc1ccccc1C(=O)NC(=S)Nc1ccc(S(=O)(=O)N(CC)c2ccccc2)cc1. The molecule has 0 atom stereocenters. The van der Waals surface area contributed by atoms with E-state index >= 15 is 0 Å². The highest BCUT2D eigenvalue weighted by atomic mass is 32.2. The summed E-state index contributed by atoms with van der Waals surface area (Å²) in [6.45, 7) is 5.28. The lowest BCUT2D eigenvalue weighted by molar-refractivity contribution is 0.0958. The summed E-state index contributed by atoms with van der Waals surface area (Å²) in [5.41, 5.74) is 1.46. The van der Waals surface area contributed by atoms with Crippen LogP contribution in [0, 0.1) is 0 Å². The smallest absolute Gasteiger partial charge is 0.264 e. The van der Waals surface area contributed by atoms with Gasteiger partial charge in [-0.1, -0.05) is 30.3 Å². The number of carbonyl (C=O) groups is 1. The van der Waals surface area contributed by atoms with Crippen LogP contribution in [0.2, 0.25) is 0 Å². The first-order valence-corrected chi connectivity index (χ1v) is 13.3. The van der Waals surface area contributed by atoms with E-state index in [9.17, 15) is 13.2 Å². The molecule has 0 heterocycles. The van der Waals surface area contributed by atoms with Crippen LogP contribution < -0.4 is 19.7 Å². The Hall–Kier alpha value is -3.47. The van der Waals surface area contributed by atoms with Gasteiger partial charge in [-0.2, -0.15) is 0 Å². The first-order valence-electron chi connectivity index (χ1n) is 11.5. The van der Waals surface area contributed by atoms with Gasteiger partial charge in [0.2, 0.25) is 0 Å². The first kappa shape index (κ1) is 27.1. The quantitative estimate of drug-likeness (QED) is 0.281. The number of benzene rings is 3. The molecule has 0 saturated heterocycles. The normalized spacial score (nSPS) is 10.9. The average Bonchev–Trinajstić information content (AvgIpc) is 2.88. The van der Waals surface area contributed by atoms with E-state index in [1.807, 2.05) is 13.0 Å². The Morgan fingerprint density at radius 2 is 1.58 bits per heavy atom. The lowest BCUT2D eigenvalue weighted by Gasteiger charge is -2.23. The van der Waals surface area contributed by atoms with Crippen molar-refractivity contribution < 1.29 is 22.7 Å². The molecule has 3 rings (SSSR count). The highest BCUT2D eigenvalue weighted by Crippen LogP contribution is 2.24. The second-order valence-corrected chi connectivity index (χ2v) is 9.75. The van der Waals surface area contributed by atoms with Crippen LogP contribution in [0.5, 0.6) is 5.75 Å². The van der Waals surface area contributed by atoms with Gasteiger partial charge in [0.1, 0.15) is 12.4 Å². The Morgan fingerprint density at radius 3 is 2.25 bits per heavy atom. The van der Waals surface area contributed by atoms with Gasteiger partial charge in [0, 0.05) is 18.8 Å². The molecule has 2 N–H and O–H groups in total. The molecule has 3 aromatic rings. The number of nitrogens with zero attached hydrogens (tertiary/aromatic N) is 1. The third-order valence-electron chi connectivity index (χ3n) is 5.08. The number of anilines is 2. The first-order chi connectivity index (χ1) is 17.4. The van der Waals surface area contributed by atoms with E-state index in [4.69, 9.17) is 21.7 Å². The molecular formula is C26H29N3O5S2. The molecule has 3 aromatic carbocycles. The molecule has 0 saturated carbocycles. The highest BCUT2D eigenvalue weighted by Gasteiger charge is 2.23. The molecule has 0 aliphatic heterocycles. The Balaban J connectivity index is 1.64. The summed E-state index contributed by atoms with van der Waals surface area (Å²) in [5.74, 6) is -0.00823. The maximum Gasteiger partial charge on any atom is 0.264 e. The topological polar surface area (TPSA) is 97.0 Å². The number of hydrogen-bond acceptors (Lipinski definition) is 6. The molecule has 8 nitrogen and oxygen atoms in total. The van der Waals surface area contributed by atoms with Crippen LogP contribution in [0.1, 0.15) is 24.2 Å². The number of para-hydroxylation sites is 2. The molecule has 0 aliphatic carbocycles. The zero-order chi connectivity index (χ0) is 26.0. The van der Waals surface area contributed by atoms with Crippen LogP contribution >= 0.6 is 12.2 Å². The van der Waals surface area contributed by atoms with Gasteiger partial charge in [-0.15, -0.1) is 0 Å². The molecule has 0 bridgehead atoms. The fourth-order valence-corrected chi connectivity index (χ4v) is 5.08. The number of amides is 1. The van der Waals surface area contributed by atoms with Gasteiger partial charge >= 0.3 is 0 Å². The summed E-state index contributed by atoms with van der Waals surface area (Å²) in [4.78, 5) is 12.9. The van der Waals surface area contributed by atoms with Crippen LogP contribution in [0.4, 0.5) is 11.4 Å². The van der Waals surface area contributed by atoms with Crippen molar-refractivity contribution in [1.82, 2.24) is 5.32 Å². The molecule has 0 aromatic heterocycles. The number of thiocarbonyl (C=S) groups is 1. The Bertz CT molecular complexity index is 1270. The summed E-state index contributed by atoms with van der Waals surface area (Å²) in [6.07, 6.45) is 0. The van der Waals surface area contributed by atoms with E-state index in [1.165, 1.54) is 16.4 Å². The monoisotopic (exact) mass is 527 g/mol. The van der Waals surface area contributed by atoms with Crippen molar-refractivity contribution in [2.45, 2.75) is 18.7 Å². The lowest BCUT2D eigenvalue weighted by Crippen LogP contribution is -2.34. The van der Waals surface area contributed by atoms with Crippen molar-refractivity contribution >= 4 is 44.6 Å². The van der Waals surface area contributed by atoms with Gasteiger partial charge in [0.05, 0.1) is 22.8 Å². The molecule has 190 valence electrons. The van der Waals surface area contributed by atoms with Crippen molar-refractivity contribution in [3.63, 3.8) is 0 Å². The van der Waals surface area contributed by atoms with Crippen molar-refractivity contribution in [2.24, 2.45) is 0 Å². The number of sulfonamides is 1. The van der Waals surface area contributed by atoms with Crippen LogP contribution in [-0.4, -0.2) is 45.8 Å². The van der Waals surface area contributed by atoms with E-state index < -0.39 is 15.9 Å². The zero-order valence-corrected chi connectivity index (χ0v) is 21.8. The molecule has 0 radical (unpaired) electrons. The Labute approximate surface area is 217 Å². The molecular weight excluding hydrogens is 498 g/mol. The van der Waals surface area contributed by atoms with Crippen LogP contribution in [0.25, 0.3) is 0 Å². The largest absolute Gasteiger partial charge is 0.490 e. The third kappa shape index (κ3) is 7.03. The molecule has 0 spiro atoms. The standard InChI is InChI=1S/C26H29N3O5S2/c1-3-29(21-10-6-5-7-11-21)36(31,32)22-16-14-20(15-17-22)27-26(35)28-25(30)23-12-8-9-13-24(23)34-19-18-33-4-2/h5-17H,3-4,18-19H2,1-2H3,(H2,27,28,30,35). The Kier molecular flexibility index (Phi) is 9.80. The molecule has 0 fully saturated rings.